The molecular weight excluding hydrogens is 250 g/mol. The third-order valence-electron chi connectivity index (χ3n) is 2.95. The van der Waals surface area contributed by atoms with Crippen molar-refractivity contribution < 1.29 is 24.2 Å². The van der Waals surface area contributed by atoms with Crippen molar-refractivity contribution in [1.29, 1.82) is 0 Å². The van der Waals surface area contributed by atoms with Crippen LogP contribution in [0.3, 0.4) is 0 Å². The van der Waals surface area contributed by atoms with E-state index in [1.54, 1.807) is 18.2 Å². The molecule has 102 valence electrons. The van der Waals surface area contributed by atoms with E-state index in [-0.39, 0.29) is 18.9 Å². The van der Waals surface area contributed by atoms with Gasteiger partial charge in [-0.1, -0.05) is 6.07 Å². The van der Waals surface area contributed by atoms with Crippen molar-refractivity contribution in [3.63, 3.8) is 0 Å². The van der Waals surface area contributed by atoms with E-state index in [0.29, 0.717) is 18.9 Å². The van der Waals surface area contributed by atoms with Crippen LogP contribution in [0.1, 0.15) is 11.1 Å². The summed E-state index contributed by atoms with van der Waals surface area (Å²) in [6.07, 6.45) is -0.813. The number of ether oxygens (including phenoxy) is 2. The summed E-state index contributed by atoms with van der Waals surface area (Å²) in [7, 11) is 1.33. The molecule has 1 amide bonds. The minimum absolute atomic E-state index is 0.164. The van der Waals surface area contributed by atoms with E-state index in [1.807, 2.05) is 0 Å². The summed E-state index contributed by atoms with van der Waals surface area (Å²) in [5.41, 5.74) is 1.54. The largest absolute Gasteiger partial charge is 0.491 e. The summed E-state index contributed by atoms with van der Waals surface area (Å²) < 4.78 is 10.1. The maximum Gasteiger partial charge on any atom is 0.407 e. The summed E-state index contributed by atoms with van der Waals surface area (Å²) >= 11 is 0. The third kappa shape index (κ3) is 3.15. The Labute approximate surface area is 110 Å². The molecule has 0 radical (unpaired) electrons. The molecule has 1 aromatic rings. The lowest BCUT2D eigenvalue weighted by Crippen LogP contribution is -2.30. The van der Waals surface area contributed by atoms with Crippen LogP contribution in [0.25, 0.3) is 0 Å². The van der Waals surface area contributed by atoms with Crippen molar-refractivity contribution in [1.82, 2.24) is 4.90 Å². The monoisotopic (exact) mass is 265 g/mol. The van der Waals surface area contributed by atoms with E-state index < -0.39 is 6.09 Å². The number of esters is 1. The molecule has 2 rings (SSSR count). The van der Waals surface area contributed by atoms with Gasteiger partial charge in [-0.15, -0.1) is 0 Å². The summed E-state index contributed by atoms with van der Waals surface area (Å²) in [5.74, 6) is 0.335. The Morgan fingerprint density at radius 3 is 2.95 bits per heavy atom. The normalized spacial score (nSPS) is 14.1. The second-order valence-corrected chi connectivity index (χ2v) is 4.25. The molecule has 1 aliphatic rings. The highest BCUT2D eigenvalue weighted by Crippen LogP contribution is 2.24. The molecule has 1 aromatic carbocycles. The molecule has 6 nitrogen and oxygen atoms in total. The summed E-state index contributed by atoms with van der Waals surface area (Å²) in [4.78, 5) is 23.5. The maximum atomic E-state index is 11.2. The smallest absolute Gasteiger partial charge is 0.407 e. The SMILES string of the molecule is COC(=O)Cc1ccc2c(c1)CN(C(=O)O)CCO2. The van der Waals surface area contributed by atoms with Crippen molar-refractivity contribution in [2.75, 3.05) is 20.3 Å². The first kappa shape index (κ1) is 13.2. The van der Waals surface area contributed by atoms with Crippen LogP contribution in [0.15, 0.2) is 18.2 Å². The van der Waals surface area contributed by atoms with Gasteiger partial charge in [0, 0.05) is 5.56 Å². The zero-order valence-corrected chi connectivity index (χ0v) is 10.6. The number of nitrogens with zero attached hydrogens (tertiary/aromatic N) is 1. The van der Waals surface area contributed by atoms with Crippen LogP contribution in [0.2, 0.25) is 0 Å². The van der Waals surface area contributed by atoms with Gasteiger partial charge in [-0.3, -0.25) is 4.79 Å². The van der Waals surface area contributed by atoms with Gasteiger partial charge in [0.1, 0.15) is 12.4 Å². The Kier molecular flexibility index (Phi) is 3.89. The number of carbonyl (C=O) groups is 2. The molecule has 0 aromatic heterocycles. The first-order valence-corrected chi connectivity index (χ1v) is 5.89. The first-order chi connectivity index (χ1) is 9.10. The number of carboxylic acid groups (broad SMARTS) is 1. The second kappa shape index (κ2) is 5.60. The molecule has 0 atom stereocenters. The minimum atomic E-state index is -0.977. The topological polar surface area (TPSA) is 76.1 Å². The number of amides is 1. The van der Waals surface area contributed by atoms with Crippen molar-refractivity contribution in [2.24, 2.45) is 0 Å². The van der Waals surface area contributed by atoms with E-state index in [0.717, 1.165) is 11.1 Å². The van der Waals surface area contributed by atoms with Gasteiger partial charge in [-0.25, -0.2) is 4.79 Å². The van der Waals surface area contributed by atoms with E-state index in [4.69, 9.17) is 9.84 Å². The van der Waals surface area contributed by atoms with Crippen LogP contribution >= 0.6 is 0 Å². The zero-order chi connectivity index (χ0) is 13.8. The number of hydrogen-bond acceptors (Lipinski definition) is 4. The molecule has 0 aliphatic carbocycles. The highest BCUT2D eigenvalue weighted by atomic mass is 16.5. The van der Waals surface area contributed by atoms with E-state index in [2.05, 4.69) is 4.74 Å². The average Bonchev–Trinajstić information content (AvgIpc) is 2.60. The number of benzene rings is 1. The van der Waals surface area contributed by atoms with Gasteiger partial charge in [0.25, 0.3) is 0 Å². The molecule has 0 saturated heterocycles. The lowest BCUT2D eigenvalue weighted by Gasteiger charge is -2.15. The molecule has 0 unspecified atom stereocenters. The molecule has 1 aliphatic heterocycles. The fraction of sp³-hybridized carbons (Fsp3) is 0.385. The average molecular weight is 265 g/mol. The van der Waals surface area contributed by atoms with E-state index in [9.17, 15) is 9.59 Å². The van der Waals surface area contributed by atoms with Gasteiger partial charge in [0.05, 0.1) is 26.6 Å². The molecule has 0 spiro atoms. The van der Waals surface area contributed by atoms with E-state index >= 15 is 0 Å². The summed E-state index contributed by atoms with van der Waals surface area (Å²) in [6, 6.07) is 5.33. The lowest BCUT2D eigenvalue weighted by atomic mass is 10.1. The molecule has 1 N–H and O–H groups in total. The molecule has 1 heterocycles. The standard InChI is InChI=1S/C13H15NO5/c1-18-12(15)7-9-2-3-11-10(6-9)8-14(13(16)17)4-5-19-11/h2-3,6H,4-5,7-8H2,1H3,(H,16,17). The Morgan fingerprint density at radius 2 is 2.26 bits per heavy atom. The van der Waals surface area contributed by atoms with Gasteiger partial charge in [-0.05, 0) is 17.7 Å². The van der Waals surface area contributed by atoms with Crippen LogP contribution in [-0.4, -0.2) is 42.3 Å². The number of rotatable bonds is 2. The zero-order valence-electron chi connectivity index (χ0n) is 10.6. The Balaban J connectivity index is 2.22. The molecule has 19 heavy (non-hydrogen) atoms. The molecule has 0 fully saturated rings. The number of carbonyl (C=O) groups excluding carboxylic acids is 1. The van der Waals surface area contributed by atoms with Gasteiger partial charge < -0.3 is 19.5 Å². The number of methoxy groups -OCH3 is 1. The van der Waals surface area contributed by atoms with Crippen molar-refractivity contribution >= 4 is 12.1 Å². The van der Waals surface area contributed by atoms with Crippen molar-refractivity contribution in [3.05, 3.63) is 29.3 Å². The van der Waals surface area contributed by atoms with Crippen LogP contribution in [0, 0.1) is 0 Å². The number of hydrogen-bond donors (Lipinski definition) is 1. The molecule has 6 heteroatoms. The third-order valence-corrected chi connectivity index (χ3v) is 2.95. The quantitative estimate of drug-likeness (QED) is 0.815. The predicted octanol–water partition coefficient (Wildman–Crippen LogP) is 1.27. The Morgan fingerprint density at radius 1 is 1.47 bits per heavy atom. The Hall–Kier alpha value is -2.24. The minimum Gasteiger partial charge on any atom is -0.491 e. The van der Waals surface area contributed by atoms with E-state index in [1.165, 1.54) is 12.0 Å². The molecular formula is C13H15NO5. The second-order valence-electron chi connectivity index (χ2n) is 4.25. The fourth-order valence-electron chi connectivity index (χ4n) is 1.96. The number of fused-ring (bicyclic) bond motifs is 1. The van der Waals surface area contributed by atoms with Crippen LogP contribution in [-0.2, 0) is 22.5 Å². The van der Waals surface area contributed by atoms with Crippen LogP contribution < -0.4 is 4.74 Å². The molecule has 0 saturated carbocycles. The summed E-state index contributed by atoms with van der Waals surface area (Å²) in [5, 5.41) is 9.04. The highest BCUT2D eigenvalue weighted by Gasteiger charge is 2.19. The van der Waals surface area contributed by atoms with Crippen molar-refractivity contribution in [3.8, 4) is 5.75 Å². The Bertz CT molecular complexity index is 500. The van der Waals surface area contributed by atoms with Gasteiger partial charge >= 0.3 is 12.1 Å². The highest BCUT2D eigenvalue weighted by molar-refractivity contribution is 5.72. The lowest BCUT2D eigenvalue weighted by molar-refractivity contribution is -0.139. The van der Waals surface area contributed by atoms with Gasteiger partial charge in [0.2, 0.25) is 0 Å². The first-order valence-electron chi connectivity index (χ1n) is 5.89. The maximum absolute atomic E-state index is 11.2. The van der Waals surface area contributed by atoms with Crippen LogP contribution in [0.5, 0.6) is 5.75 Å². The van der Waals surface area contributed by atoms with Gasteiger partial charge in [0.15, 0.2) is 0 Å². The van der Waals surface area contributed by atoms with Gasteiger partial charge in [-0.2, -0.15) is 0 Å². The van der Waals surface area contributed by atoms with Crippen LogP contribution in [0.4, 0.5) is 4.79 Å². The fourth-order valence-corrected chi connectivity index (χ4v) is 1.96. The predicted molar refractivity (Wildman–Crippen MR) is 66.1 cm³/mol. The summed E-state index contributed by atoms with van der Waals surface area (Å²) in [6.45, 7) is 0.922. The molecule has 0 bridgehead atoms. The van der Waals surface area contributed by atoms with Crippen molar-refractivity contribution in [2.45, 2.75) is 13.0 Å².